The van der Waals surface area contributed by atoms with E-state index in [9.17, 15) is 9.18 Å². The first-order valence-corrected chi connectivity index (χ1v) is 5.83. The number of nitrogens with one attached hydrogen (secondary N) is 1. The summed E-state index contributed by atoms with van der Waals surface area (Å²) in [6.45, 7) is 1.82. The largest absolute Gasteiger partial charge is 0.396 e. The van der Waals surface area contributed by atoms with E-state index in [4.69, 9.17) is 5.73 Å². The van der Waals surface area contributed by atoms with Crippen LogP contribution in [0.3, 0.4) is 0 Å². The monoisotopic (exact) mass is 262 g/mol. The van der Waals surface area contributed by atoms with Crippen molar-refractivity contribution < 1.29 is 9.18 Å². The first-order chi connectivity index (χ1) is 8.99. The lowest BCUT2D eigenvalue weighted by Crippen LogP contribution is -2.29. The lowest BCUT2D eigenvalue weighted by atomic mass is 10.1. The van der Waals surface area contributed by atoms with Crippen LogP contribution >= 0.6 is 0 Å². The van der Waals surface area contributed by atoms with Crippen molar-refractivity contribution in [3.05, 3.63) is 47.5 Å². The molecule has 0 saturated carbocycles. The number of benzene rings is 1. The molecule has 1 amide bonds. The van der Waals surface area contributed by atoms with Crippen molar-refractivity contribution in [1.82, 2.24) is 15.1 Å². The van der Waals surface area contributed by atoms with E-state index in [-0.39, 0.29) is 17.8 Å². The van der Waals surface area contributed by atoms with Gasteiger partial charge in [0.1, 0.15) is 11.5 Å². The molecule has 5 nitrogen and oxygen atoms in total. The molecule has 0 aliphatic rings. The average Bonchev–Trinajstić information content (AvgIpc) is 2.69. The Kier molecular flexibility index (Phi) is 3.50. The Morgan fingerprint density at radius 3 is 2.58 bits per heavy atom. The minimum atomic E-state index is -0.311. The van der Waals surface area contributed by atoms with Gasteiger partial charge in [-0.2, -0.15) is 5.10 Å². The zero-order chi connectivity index (χ0) is 14.0. The number of nitrogen functional groups attached to an aromatic ring is 1. The molecule has 100 valence electrons. The van der Waals surface area contributed by atoms with E-state index < -0.39 is 0 Å². The van der Waals surface area contributed by atoms with Gasteiger partial charge in [0.25, 0.3) is 5.91 Å². The summed E-state index contributed by atoms with van der Waals surface area (Å²) in [6.07, 6.45) is 1.43. The lowest BCUT2D eigenvalue weighted by molar-refractivity contribution is 0.0931. The summed E-state index contributed by atoms with van der Waals surface area (Å²) in [5.74, 6) is -0.618. The van der Waals surface area contributed by atoms with Crippen LogP contribution in [0, 0.1) is 5.82 Å². The fraction of sp³-hybridized carbons (Fsp3) is 0.231. The number of aromatic nitrogens is 2. The van der Waals surface area contributed by atoms with Crippen LogP contribution in [0.5, 0.6) is 0 Å². The van der Waals surface area contributed by atoms with Crippen molar-refractivity contribution in [1.29, 1.82) is 0 Å². The summed E-state index contributed by atoms with van der Waals surface area (Å²) >= 11 is 0. The van der Waals surface area contributed by atoms with Crippen molar-refractivity contribution in [3.8, 4) is 0 Å². The molecule has 6 heteroatoms. The van der Waals surface area contributed by atoms with Crippen LogP contribution in [-0.2, 0) is 7.05 Å². The van der Waals surface area contributed by atoms with Gasteiger partial charge in [-0.05, 0) is 24.6 Å². The molecule has 0 spiro atoms. The van der Waals surface area contributed by atoms with Crippen LogP contribution in [0.4, 0.5) is 10.1 Å². The maximum absolute atomic E-state index is 12.8. The normalized spacial score (nSPS) is 12.2. The van der Waals surface area contributed by atoms with E-state index >= 15 is 0 Å². The average molecular weight is 262 g/mol. The third-order valence-electron chi connectivity index (χ3n) is 2.90. The fourth-order valence-electron chi connectivity index (χ4n) is 1.83. The molecule has 1 atom stereocenters. The first kappa shape index (κ1) is 13.1. The number of carbonyl (C=O) groups excluding carboxylic acids is 1. The molecule has 1 unspecified atom stereocenters. The predicted molar refractivity (Wildman–Crippen MR) is 69.9 cm³/mol. The van der Waals surface area contributed by atoms with Gasteiger partial charge in [0, 0.05) is 7.05 Å². The number of nitrogens with zero attached hydrogens (tertiary/aromatic N) is 2. The second kappa shape index (κ2) is 5.09. The highest BCUT2D eigenvalue weighted by atomic mass is 19.1. The highest BCUT2D eigenvalue weighted by molar-refractivity contribution is 5.97. The molecule has 19 heavy (non-hydrogen) atoms. The van der Waals surface area contributed by atoms with Crippen molar-refractivity contribution >= 4 is 11.6 Å². The Morgan fingerprint density at radius 1 is 1.42 bits per heavy atom. The molecule has 2 rings (SSSR count). The summed E-state index contributed by atoms with van der Waals surface area (Å²) in [5, 5.41) is 6.71. The Bertz CT molecular complexity index is 572. The van der Waals surface area contributed by atoms with Crippen molar-refractivity contribution in [2.45, 2.75) is 13.0 Å². The van der Waals surface area contributed by atoms with E-state index in [1.165, 1.54) is 23.0 Å². The van der Waals surface area contributed by atoms with Gasteiger partial charge >= 0.3 is 0 Å². The molecule has 1 aromatic heterocycles. The van der Waals surface area contributed by atoms with Crippen LogP contribution in [0.2, 0.25) is 0 Å². The molecule has 0 saturated heterocycles. The third kappa shape index (κ3) is 2.73. The molecule has 0 fully saturated rings. The fourth-order valence-corrected chi connectivity index (χ4v) is 1.83. The second-order valence-electron chi connectivity index (χ2n) is 4.32. The molecule has 0 aliphatic carbocycles. The lowest BCUT2D eigenvalue weighted by Gasteiger charge is -2.14. The smallest absolute Gasteiger partial charge is 0.272 e. The van der Waals surface area contributed by atoms with Gasteiger partial charge in [0.15, 0.2) is 0 Å². The first-order valence-electron chi connectivity index (χ1n) is 5.83. The number of hydrogen-bond donors (Lipinski definition) is 2. The summed E-state index contributed by atoms with van der Waals surface area (Å²) in [7, 11) is 1.65. The Hall–Kier alpha value is -2.37. The van der Waals surface area contributed by atoms with Crippen molar-refractivity contribution in [3.63, 3.8) is 0 Å². The van der Waals surface area contributed by atoms with Gasteiger partial charge in [-0.15, -0.1) is 0 Å². The van der Waals surface area contributed by atoms with Crippen molar-refractivity contribution in [2.24, 2.45) is 7.05 Å². The number of nitrogens with two attached hydrogens (primary N) is 1. The van der Waals surface area contributed by atoms with Crippen LogP contribution in [0.1, 0.15) is 29.0 Å². The second-order valence-corrected chi connectivity index (χ2v) is 4.32. The molecule has 2 aromatic rings. The van der Waals surface area contributed by atoms with E-state index in [0.29, 0.717) is 11.4 Å². The number of hydrogen-bond acceptors (Lipinski definition) is 3. The maximum Gasteiger partial charge on any atom is 0.272 e. The Labute approximate surface area is 110 Å². The molecule has 1 heterocycles. The SMILES string of the molecule is CC(NC(=O)c1c(N)cnn1C)c1ccc(F)cc1. The summed E-state index contributed by atoms with van der Waals surface area (Å²) < 4.78 is 14.2. The molecule has 0 bridgehead atoms. The highest BCUT2D eigenvalue weighted by Gasteiger charge is 2.17. The van der Waals surface area contributed by atoms with Crippen LogP contribution in [0.15, 0.2) is 30.5 Å². The summed E-state index contributed by atoms with van der Waals surface area (Å²) in [6, 6.07) is 5.73. The zero-order valence-electron chi connectivity index (χ0n) is 10.7. The molecular formula is C13H15FN4O. The molecule has 1 aromatic carbocycles. The minimum Gasteiger partial charge on any atom is -0.396 e. The van der Waals surface area contributed by atoms with E-state index in [1.54, 1.807) is 19.2 Å². The Morgan fingerprint density at radius 2 is 2.05 bits per heavy atom. The molecular weight excluding hydrogens is 247 g/mol. The van der Waals surface area contributed by atoms with Gasteiger partial charge in [-0.3, -0.25) is 9.48 Å². The topological polar surface area (TPSA) is 72.9 Å². The zero-order valence-corrected chi connectivity index (χ0v) is 10.7. The van der Waals surface area contributed by atoms with Gasteiger partial charge in [0.05, 0.1) is 17.9 Å². The number of amides is 1. The number of rotatable bonds is 3. The predicted octanol–water partition coefficient (Wildman–Crippen LogP) is 1.63. The van der Waals surface area contributed by atoms with Crippen LogP contribution < -0.4 is 11.1 Å². The summed E-state index contributed by atoms with van der Waals surface area (Å²) in [5.41, 5.74) is 7.14. The van der Waals surface area contributed by atoms with E-state index in [1.807, 2.05) is 6.92 Å². The van der Waals surface area contributed by atoms with Gasteiger partial charge in [-0.25, -0.2) is 4.39 Å². The van der Waals surface area contributed by atoms with Gasteiger partial charge < -0.3 is 11.1 Å². The minimum absolute atomic E-state index is 0.248. The number of aryl methyl sites for hydroxylation is 1. The molecule has 0 aliphatic heterocycles. The Balaban J connectivity index is 2.13. The molecule has 0 radical (unpaired) electrons. The number of halogens is 1. The van der Waals surface area contributed by atoms with E-state index in [0.717, 1.165) is 5.56 Å². The van der Waals surface area contributed by atoms with Crippen LogP contribution in [0.25, 0.3) is 0 Å². The highest BCUT2D eigenvalue weighted by Crippen LogP contribution is 2.15. The van der Waals surface area contributed by atoms with E-state index in [2.05, 4.69) is 10.4 Å². The van der Waals surface area contributed by atoms with Gasteiger partial charge in [-0.1, -0.05) is 12.1 Å². The maximum atomic E-state index is 12.8. The van der Waals surface area contributed by atoms with Crippen LogP contribution in [-0.4, -0.2) is 15.7 Å². The summed E-state index contributed by atoms with van der Waals surface area (Å²) in [4.78, 5) is 12.1. The van der Waals surface area contributed by atoms with Gasteiger partial charge in [0.2, 0.25) is 0 Å². The van der Waals surface area contributed by atoms with Crippen molar-refractivity contribution in [2.75, 3.05) is 5.73 Å². The third-order valence-corrected chi connectivity index (χ3v) is 2.90. The quantitative estimate of drug-likeness (QED) is 0.883. The number of carbonyl (C=O) groups is 1. The molecule has 3 N–H and O–H groups in total. The number of anilines is 1. The standard InChI is InChI=1S/C13H15FN4O/c1-8(9-3-5-10(14)6-4-9)17-13(19)12-11(15)7-16-18(12)2/h3-8H,15H2,1-2H3,(H,17,19).